The first-order valence-corrected chi connectivity index (χ1v) is 6.28. The molecule has 0 aliphatic heterocycles. The quantitative estimate of drug-likeness (QED) is 0.555. The number of primary amides is 1. The van der Waals surface area contributed by atoms with Crippen molar-refractivity contribution in [3.63, 3.8) is 0 Å². The zero-order valence-corrected chi connectivity index (χ0v) is 10.9. The molecule has 1 aromatic rings. The van der Waals surface area contributed by atoms with Gasteiger partial charge >= 0.3 is 0 Å². The third-order valence-corrected chi connectivity index (χ3v) is 2.40. The minimum atomic E-state index is -0.520. The molecular formula is C13H21N3O3. The molecule has 0 radical (unpaired) electrons. The Hall–Kier alpha value is -1.79. The summed E-state index contributed by atoms with van der Waals surface area (Å²) in [6.45, 7) is 2.08. The molecule has 0 aliphatic carbocycles. The maximum atomic E-state index is 11.2. The van der Waals surface area contributed by atoms with Crippen LogP contribution in [0.5, 0.6) is 11.5 Å². The van der Waals surface area contributed by atoms with E-state index >= 15 is 0 Å². The predicted octanol–water partition coefficient (Wildman–Crippen LogP) is 0.241. The van der Waals surface area contributed by atoms with Crippen molar-refractivity contribution in [1.29, 1.82) is 0 Å². The molecule has 1 aromatic carbocycles. The van der Waals surface area contributed by atoms with Crippen LogP contribution in [0, 0.1) is 0 Å². The van der Waals surface area contributed by atoms with Crippen LogP contribution in [0.2, 0.25) is 0 Å². The summed E-state index contributed by atoms with van der Waals surface area (Å²) in [4.78, 5) is 11.2. The van der Waals surface area contributed by atoms with Crippen molar-refractivity contribution in [3.8, 4) is 11.5 Å². The Kier molecular flexibility index (Phi) is 6.70. The largest absolute Gasteiger partial charge is 0.493 e. The van der Waals surface area contributed by atoms with Crippen molar-refractivity contribution >= 4 is 5.91 Å². The normalized spacial score (nSPS) is 10.2. The predicted molar refractivity (Wildman–Crippen MR) is 73.3 cm³/mol. The molecule has 0 aliphatic rings. The van der Waals surface area contributed by atoms with E-state index in [4.69, 9.17) is 26.7 Å². The van der Waals surface area contributed by atoms with Gasteiger partial charge in [0.05, 0.1) is 13.2 Å². The van der Waals surface area contributed by atoms with E-state index in [0.29, 0.717) is 43.4 Å². The van der Waals surface area contributed by atoms with E-state index in [1.54, 1.807) is 18.2 Å². The fraction of sp³-hybridized carbons (Fsp3) is 0.462. The maximum absolute atomic E-state index is 11.2. The number of hydrogen-bond donors (Lipinski definition) is 3. The molecule has 0 bridgehead atoms. The summed E-state index contributed by atoms with van der Waals surface area (Å²) in [6, 6.07) is 4.91. The van der Waals surface area contributed by atoms with Gasteiger partial charge in [0.25, 0.3) is 0 Å². The second-order valence-electron chi connectivity index (χ2n) is 4.04. The minimum absolute atomic E-state index is 0.355. The van der Waals surface area contributed by atoms with Crippen LogP contribution < -0.4 is 26.7 Å². The second-order valence-corrected chi connectivity index (χ2v) is 4.04. The maximum Gasteiger partial charge on any atom is 0.248 e. The Morgan fingerprint density at radius 1 is 0.947 bits per heavy atom. The average molecular weight is 267 g/mol. The van der Waals surface area contributed by atoms with Crippen molar-refractivity contribution < 1.29 is 14.3 Å². The molecule has 1 rings (SSSR count). The van der Waals surface area contributed by atoms with Crippen LogP contribution in [0.25, 0.3) is 0 Å². The zero-order chi connectivity index (χ0) is 14.1. The van der Waals surface area contributed by atoms with E-state index in [1.807, 2.05) is 0 Å². The minimum Gasteiger partial charge on any atom is -0.493 e. The smallest absolute Gasteiger partial charge is 0.248 e. The highest BCUT2D eigenvalue weighted by Crippen LogP contribution is 2.23. The second kappa shape index (κ2) is 8.34. The molecule has 6 N–H and O–H groups in total. The van der Waals surface area contributed by atoms with Gasteiger partial charge in [0, 0.05) is 11.6 Å². The van der Waals surface area contributed by atoms with Gasteiger partial charge in [0.1, 0.15) is 11.5 Å². The van der Waals surface area contributed by atoms with E-state index in [-0.39, 0.29) is 0 Å². The number of carbonyl (C=O) groups excluding carboxylic acids is 1. The highest BCUT2D eigenvalue weighted by molar-refractivity contribution is 5.93. The summed E-state index contributed by atoms with van der Waals surface area (Å²) in [5.41, 5.74) is 16.4. The van der Waals surface area contributed by atoms with Crippen molar-refractivity contribution in [2.45, 2.75) is 12.8 Å². The molecule has 0 saturated carbocycles. The van der Waals surface area contributed by atoms with Gasteiger partial charge in [-0.15, -0.1) is 0 Å². The molecule has 0 heterocycles. The molecule has 0 saturated heterocycles. The van der Waals surface area contributed by atoms with Gasteiger partial charge < -0.3 is 26.7 Å². The molecule has 1 amide bonds. The molecule has 106 valence electrons. The van der Waals surface area contributed by atoms with Crippen LogP contribution in [0.15, 0.2) is 18.2 Å². The Morgan fingerprint density at radius 3 is 1.79 bits per heavy atom. The summed E-state index contributed by atoms with van der Waals surface area (Å²) < 4.78 is 11.0. The number of carbonyl (C=O) groups is 1. The fourth-order valence-electron chi connectivity index (χ4n) is 1.43. The third-order valence-electron chi connectivity index (χ3n) is 2.40. The molecule has 19 heavy (non-hydrogen) atoms. The van der Waals surface area contributed by atoms with Gasteiger partial charge in [-0.05, 0) is 38.1 Å². The van der Waals surface area contributed by atoms with E-state index < -0.39 is 5.91 Å². The van der Waals surface area contributed by atoms with Gasteiger partial charge in [0.2, 0.25) is 5.91 Å². The Balaban J connectivity index is 2.75. The molecule has 0 unspecified atom stereocenters. The van der Waals surface area contributed by atoms with Gasteiger partial charge in [0.15, 0.2) is 0 Å². The number of nitrogens with two attached hydrogens (primary N) is 3. The highest BCUT2D eigenvalue weighted by Gasteiger charge is 2.07. The molecule has 0 atom stereocenters. The number of hydrogen-bond acceptors (Lipinski definition) is 5. The van der Waals surface area contributed by atoms with Crippen molar-refractivity contribution in [1.82, 2.24) is 0 Å². The summed E-state index contributed by atoms with van der Waals surface area (Å²) in [7, 11) is 0. The monoisotopic (exact) mass is 267 g/mol. The Morgan fingerprint density at radius 2 is 1.42 bits per heavy atom. The van der Waals surface area contributed by atoms with Gasteiger partial charge in [-0.25, -0.2) is 0 Å². The number of ether oxygens (including phenoxy) is 2. The van der Waals surface area contributed by atoms with Crippen molar-refractivity contribution in [2.24, 2.45) is 17.2 Å². The summed E-state index contributed by atoms with van der Waals surface area (Å²) in [5, 5.41) is 0. The number of rotatable bonds is 9. The lowest BCUT2D eigenvalue weighted by Crippen LogP contribution is -2.12. The van der Waals surface area contributed by atoms with E-state index in [9.17, 15) is 4.79 Å². The van der Waals surface area contributed by atoms with E-state index in [1.165, 1.54) is 0 Å². The first kappa shape index (κ1) is 15.3. The molecule has 0 fully saturated rings. The van der Waals surface area contributed by atoms with Crippen LogP contribution in [0.4, 0.5) is 0 Å². The van der Waals surface area contributed by atoms with Crippen LogP contribution in [0.1, 0.15) is 23.2 Å². The van der Waals surface area contributed by atoms with Crippen LogP contribution >= 0.6 is 0 Å². The molecule has 0 aromatic heterocycles. The topological polar surface area (TPSA) is 114 Å². The summed E-state index contributed by atoms with van der Waals surface area (Å²) >= 11 is 0. The molecule has 6 heteroatoms. The van der Waals surface area contributed by atoms with Crippen LogP contribution in [-0.2, 0) is 0 Å². The zero-order valence-electron chi connectivity index (χ0n) is 10.9. The first-order chi connectivity index (χ1) is 9.17. The third kappa shape index (κ3) is 5.58. The van der Waals surface area contributed by atoms with Crippen LogP contribution in [-0.4, -0.2) is 32.2 Å². The summed E-state index contributed by atoms with van der Waals surface area (Å²) in [5.74, 6) is 0.577. The SMILES string of the molecule is NCCCOc1cc(OCCCN)cc(C(N)=O)c1. The number of benzene rings is 1. The van der Waals surface area contributed by atoms with Crippen molar-refractivity contribution in [2.75, 3.05) is 26.3 Å². The Labute approximate surface area is 112 Å². The Bertz CT molecular complexity index is 382. The lowest BCUT2D eigenvalue weighted by molar-refractivity contribution is 0.0999. The van der Waals surface area contributed by atoms with Gasteiger partial charge in [-0.2, -0.15) is 0 Å². The molecular weight excluding hydrogens is 246 g/mol. The van der Waals surface area contributed by atoms with E-state index in [0.717, 1.165) is 12.8 Å². The lowest BCUT2D eigenvalue weighted by atomic mass is 10.2. The standard InChI is InChI=1S/C13H21N3O3/c14-3-1-5-18-11-7-10(13(16)17)8-12(9-11)19-6-2-4-15/h7-9H,1-6,14-15H2,(H2,16,17). The van der Waals surface area contributed by atoms with Crippen molar-refractivity contribution in [3.05, 3.63) is 23.8 Å². The fourth-order valence-corrected chi connectivity index (χ4v) is 1.43. The van der Waals surface area contributed by atoms with Gasteiger partial charge in [-0.1, -0.05) is 0 Å². The van der Waals surface area contributed by atoms with Gasteiger partial charge in [-0.3, -0.25) is 4.79 Å². The van der Waals surface area contributed by atoms with Crippen LogP contribution in [0.3, 0.4) is 0 Å². The van der Waals surface area contributed by atoms with E-state index in [2.05, 4.69) is 0 Å². The molecule has 0 spiro atoms. The first-order valence-electron chi connectivity index (χ1n) is 6.28. The summed E-state index contributed by atoms with van der Waals surface area (Å²) in [6.07, 6.45) is 1.48. The highest BCUT2D eigenvalue weighted by atomic mass is 16.5. The molecule has 6 nitrogen and oxygen atoms in total. The lowest BCUT2D eigenvalue weighted by Gasteiger charge is -2.11. The number of amides is 1. The average Bonchev–Trinajstić information content (AvgIpc) is 2.39.